The van der Waals surface area contributed by atoms with Gasteiger partial charge < -0.3 is 19.7 Å². The molecule has 0 bridgehead atoms. The first kappa shape index (κ1) is 30.7. The van der Waals surface area contributed by atoms with Crippen LogP contribution in [0.15, 0.2) is 66.7 Å². The maximum absolute atomic E-state index is 16.1. The number of ether oxygens (including phenoxy) is 1. The molecule has 4 heterocycles. The molecule has 12 heteroatoms. The molecule has 0 spiro atoms. The minimum absolute atomic E-state index is 0.0103. The highest BCUT2D eigenvalue weighted by atomic mass is 32.1. The first-order chi connectivity index (χ1) is 22.6. The Balaban J connectivity index is 1.47. The zero-order valence-electron chi connectivity index (χ0n) is 25.5. The second kappa shape index (κ2) is 12.0. The van der Waals surface area contributed by atoms with Crippen molar-refractivity contribution < 1.29 is 27.8 Å². The van der Waals surface area contributed by atoms with Crippen molar-refractivity contribution in [3.8, 4) is 39.5 Å². The molecule has 1 saturated carbocycles. The van der Waals surface area contributed by atoms with E-state index in [9.17, 15) is 14.3 Å². The third-order valence-electron chi connectivity index (χ3n) is 8.64. The number of hydrogen-bond acceptors (Lipinski definition) is 6. The minimum atomic E-state index is -0.954. The first-order valence-electron chi connectivity index (χ1n) is 15.1. The minimum Gasteiger partial charge on any atom is -0.492 e. The van der Waals surface area contributed by atoms with Crippen LogP contribution in [-0.2, 0) is 11.8 Å². The van der Waals surface area contributed by atoms with Crippen LogP contribution in [0.4, 0.5) is 13.2 Å². The molecule has 0 radical (unpaired) electrons. The van der Waals surface area contributed by atoms with E-state index in [1.807, 2.05) is 42.1 Å². The highest BCUT2D eigenvalue weighted by molar-refractivity contribution is 7.17. The number of fused-ring (bicyclic) bond motifs is 2. The molecule has 8 nitrogen and oxygen atoms in total. The molecule has 240 valence electrons. The van der Waals surface area contributed by atoms with Gasteiger partial charge in [-0.1, -0.05) is 12.6 Å². The summed E-state index contributed by atoms with van der Waals surface area (Å²) in [6.45, 7) is 5.35. The molecule has 6 aromatic rings. The van der Waals surface area contributed by atoms with Gasteiger partial charge in [-0.3, -0.25) is 9.89 Å². The third kappa shape index (κ3) is 5.57. The maximum Gasteiger partial charge on any atom is 0.243 e. The number of carbonyl (C=O) groups is 1. The summed E-state index contributed by atoms with van der Waals surface area (Å²) in [6, 6.07) is 10.7. The van der Waals surface area contributed by atoms with Gasteiger partial charge in [0.05, 0.1) is 40.4 Å². The van der Waals surface area contributed by atoms with Gasteiger partial charge >= 0.3 is 0 Å². The van der Waals surface area contributed by atoms with Gasteiger partial charge in [-0.05, 0) is 56.0 Å². The summed E-state index contributed by atoms with van der Waals surface area (Å²) in [7, 11) is 1.94. The van der Waals surface area contributed by atoms with E-state index in [1.54, 1.807) is 13.0 Å². The molecular formula is C35H30F3N5O3S. The number of rotatable bonds is 9. The number of amides is 1. The van der Waals surface area contributed by atoms with Gasteiger partial charge in [0.2, 0.25) is 5.91 Å². The number of halogens is 3. The molecular weight excluding hydrogens is 627 g/mol. The monoisotopic (exact) mass is 657 g/mol. The van der Waals surface area contributed by atoms with Crippen LogP contribution >= 0.6 is 11.3 Å². The second-order valence-electron chi connectivity index (χ2n) is 11.9. The van der Waals surface area contributed by atoms with Crippen LogP contribution in [0, 0.1) is 23.4 Å². The summed E-state index contributed by atoms with van der Waals surface area (Å²) < 4.78 is 55.3. The fraction of sp³-hybridized carbons (Fsp3) is 0.229. The van der Waals surface area contributed by atoms with Crippen LogP contribution < -0.4 is 10.1 Å². The van der Waals surface area contributed by atoms with Crippen LogP contribution in [0.2, 0.25) is 0 Å². The van der Waals surface area contributed by atoms with Crippen molar-refractivity contribution in [2.24, 2.45) is 13.0 Å². The Bertz CT molecular complexity index is 2180. The normalized spacial score (nSPS) is 16.7. The first-order valence-corrected chi connectivity index (χ1v) is 15.9. The highest BCUT2D eigenvalue weighted by Crippen LogP contribution is 2.48. The molecule has 0 unspecified atom stereocenters. The quantitative estimate of drug-likeness (QED) is 0.140. The molecule has 1 aliphatic carbocycles. The summed E-state index contributed by atoms with van der Waals surface area (Å²) in [5.41, 5.74) is 2.98. The molecule has 4 aromatic heterocycles. The van der Waals surface area contributed by atoms with Crippen LogP contribution in [-0.4, -0.2) is 43.5 Å². The average molecular weight is 658 g/mol. The van der Waals surface area contributed by atoms with E-state index in [0.717, 1.165) is 40.4 Å². The van der Waals surface area contributed by atoms with Crippen molar-refractivity contribution in [1.29, 1.82) is 0 Å². The Morgan fingerprint density at radius 2 is 1.98 bits per heavy atom. The van der Waals surface area contributed by atoms with E-state index in [0.29, 0.717) is 34.5 Å². The van der Waals surface area contributed by atoms with Gasteiger partial charge in [-0.2, -0.15) is 5.10 Å². The number of pyridine rings is 1. The predicted octanol–water partition coefficient (Wildman–Crippen LogP) is 7.44. The van der Waals surface area contributed by atoms with E-state index in [-0.39, 0.29) is 52.1 Å². The Kier molecular flexibility index (Phi) is 7.85. The number of nitrogens with zero attached hydrogens (tertiary/aromatic N) is 3. The number of nitrogens with one attached hydrogen (secondary N) is 2. The van der Waals surface area contributed by atoms with Crippen molar-refractivity contribution in [1.82, 2.24) is 25.1 Å². The Morgan fingerprint density at radius 3 is 2.74 bits per heavy atom. The molecule has 0 saturated heterocycles. The number of aliphatic hydroxyl groups is 1. The van der Waals surface area contributed by atoms with Crippen LogP contribution in [0.25, 0.3) is 54.8 Å². The lowest BCUT2D eigenvalue weighted by Gasteiger charge is -2.31. The zero-order valence-corrected chi connectivity index (χ0v) is 26.3. The molecule has 1 aliphatic rings. The summed E-state index contributed by atoms with van der Waals surface area (Å²) in [6.07, 6.45) is 3.69. The van der Waals surface area contributed by atoms with Crippen molar-refractivity contribution in [2.75, 3.05) is 6.61 Å². The van der Waals surface area contributed by atoms with Gasteiger partial charge in [-0.25, -0.2) is 18.2 Å². The lowest BCUT2D eigenvalue weighted by Crippen LogP contribution is -2.32. The number of aromatic nitrogens is 4. The lowest BCUT2D eigenvalue weighted by molar-refractivity contribution is -0.117. The van der Waals surface area contributed by atoms with E-state index in [2.05, 4.69) is 22.1 Å². The third-order valence-corrected chi connectivity index (χ3v) is 9.59. The summed E-state index contributed by atoms with van der Waals surface area (Å²) in [4.78, 5) is 17.0. The lowest BCUT2D eigenvalue weighted by atomic mass is 9.83. The van der Waals surface area contributed by atoms with E-state index in [1.165, 1.54) is 5.38 Å². The molecule has 3 N–H and O–H groups in total. The number of aliphatic hydroxyl groups excluding tert-OH is 1. The average Bonchev–Trinajstić information content (AvgIpc) is 3.77. The van der Waals surface area contributed by atoms with Gasteiger partial charge in [0, 0.05) is 58.2 Å². The number of thiophene rings is 1. The number of H-pyrrole nitrogens is 1. The number of aryl methyl sites for hydroxylation is 1. The van der Waals surface area contributed by atoms with Gasteiger partial charge in [-0.15, -0.1) is 11.3 Å². The molecule has 47 heavy (non-hydrogen) atoms. The summed E-state index contributed by atoms with van der Waals surface area (Å²) in [5, 5.41) is 22.3. The fourth-order valence-corrected chi connectivity index (χ4v) is 7.05. The molecule has 1 amide bonds. The van der Waals surface area contributed by atoms with Gasteiger partial charge in [0.15, 0.2) is 0 Å². The molecule has 1 atom stereocenters. The molecule has 7 rings (SSSR count). The number of carbonyl (C=O) groups excluding carboxylic acids is 1. The number of aromatic amines is 1. The Labute approximate surface area is 271 Å². The Morgan fingerprint density at radius 1 is 1.17 bits per heavy atom. The number of benzene rings is 2. The summed E-state index contributed by atoms with van der Waals surface area (Å²) in [5.74, 6) is -2.90. The molecule has 0 aliphatic heterocycles. The fourth-order valence-electron chi connectivity index (χ4n) is 6.11. The smallest absolute Gasteiger partial charge is 0.243 e. The van der Waals surface area contributed by atoms with Gasteiger partial charge in [0.25, 0.3) is 0 Å². The van der Waals surface area contributed by atoms with Crippen molar-refractivity contribution >= 4 is 38.2 Å². The highest BCUT2D eigenvalue weighted by Gasteiger charge is 2.31. The maximum atomic E-state index is 16.1. The second-order valence-corrected chi connectivity index (χ2v) is 12.8. The Hall–Kier alpha value is -4.94. The SMILES string of the molecule is C=CC(=O)N[C@H](C)c1cc(-c2nc(-c3ccc4c(ccn4C)c3)c3scc(F)c3c2-c2c(F)cc(F)cc2OCC2CC(O)C2)n[nH]1. The van der Waals surface area contributed by atoms with Gasteiger partial charge in [0.1, 0.15) is 34.6 Å². The van der Waals surface area contributed by atoms with Crippen LogP contribution in [0.1, 0.15) is 31.5 Å². The standard InChI is InChI=1S/C35H30F3N5O3S/c1-4-29(45)39-17(2)25-14-26(42-41-25)34-32(30-23(37)12-21(36)13-28(30)46-15-18-9-22(44)10-18)31-24(38)16-47-35(31)33(40-34)20-5-6-27-19(11-20)7-8-43(27)3/h4-8,11-14,16-18,22,44H,1,9-10,15H2,2-3H3,(H,39,45)(H,41,42)/t17-,18?,22?/m1/s1. The molecule has 2 aromatic carbocycles. The van der Waals surface area contributed by atoms with E-state index < -0.39 is 29.6 Å². The number of hydrogen-bond donors (Lipinski definition) is 3. The molecule has 1 fully saturated rings. The summed E-state index contributed by atoms with van der Waals surface area (Å²) >= 11 is 1.13. The zero-order chi connectivity index (χ0) is 33.0. The van der Waals surface area contributed by atoms with Crippen molar-refractivity contribution in [3.05, 3.63) is 89.8 Å². The predicted molar refractivity (Wildman–Crippen MR) is 175 cm³/mol. The van der Waals surface area contributed by atoms with E-state index >= 15 is 8.78 Å². The van der Waals surface area contributed by atoms with E-state index in [4.69, 9.17) is 9.72 Å². The van der Waals surface area contributed by atoms with Crippen LogP contribution in [0.3, 0.4) is 0 Å². The largest absolute Gasteiger partial charge is 0.492 e. The topological polar surface area (TPSA) is 105 Å². The van der Waals surface area contributed by atoms with Crippen LogP contribution in [0.5, 0.6) is 5.75 Å². The van der Waals surface area contributed by atoms with Crippen molar-refractivity contribution in [3.63, 3.8) is 0 Å². The van der Waals surface area contributed by atoms with Crippen molar-refractivity contribution in [2.45, 2.75) is 31.9 Å².